The van der Waals surface area contributed by atoms with E-state index in [9.17, 15) is 9.59 Å². The van der Waals surface area contributed by atoms with Crippen molar-refractivity contribution in [3.05, 3.63) is 113 Å². The van der Waals surface area contributed by atoms with Gasteiger partial charge in [0.1, 0.15) is 28.6 Å². The van der Waals surface area contributed by atoms with Crippen molar-refractivity contribution in [1.29, 1.82) is 0 Å². The number of rotatable bonds is 7. The van der Waals surface area contributed by atoms with Crippen LogP contribution < -0.4 is 20.3 Å². The fourth-order valence-electron chi connectivity index (χ4n) is 4.08. The van der Waals surface area contributed by atoms with Crippen LogP contribution in [0.3, 0.4) is 0 Å². The molecule has 0 saturated carbocycles. The number of carbonyl (C=O) groups is 1. The van der Waals surface area contributed by atoms with E-state index in [0.717, 1.165) is 16.7 Å². The maximum absolute atomic E-state index is 13.1. The summed E-state index contributed by atoms with van der Waals surface area (Å²) < 4.78 is 19.2. The van der Waals surface area contributed by atoms with Gasteiger partial charge in [-0.05, 0) is 69.3 Å². The number of aromatic nitrogens is 4. The fraction of sp³-hybridized carbons (Fsp3) is 0.188. The number of methoxy groups -OCH3 is 2. The molecule has 0 unspecified atom stereocenters. The molecule has 0 aliphatic heterocycles. The van der Waals surface area contributed by atoms with Gasteiger partial charge in [-0.25, -0.2) is 9.67 Å². The largest absolute Gasteiger partial charge is 0.502 e. The minimum atomic E-state index is -0.531. The third-order valence-electron chi connectivity index (χ3n) is 6.62. The van der Waals surface area contributed by atoms with Crippen molar-refractivity contribution < 1.29 is 19.0 Å². The monoisotopic (exact) mass is 567 g/mol. The summed E-state index contributed by atoms with van der Waals surface area (Å²) in [5, 5.41) is 3.50. The van der Waals surface area contributed by atoms with Crippen LogP contribution in [0.1, 0.15) is 29.9 Å². The molecule has 0 bridgehead atoms. The number of nitrogens with one attached hydrogen (secondary N) is 1. The van der Waals surface area contributed by atoms with Crippen LogP contribution in [0.4, 0.5) is 5.82 Å². The van der Waals surface area contributed by atoms with E-state index < -0.39 is 11.5 Å². The van der Waals surface area contributed by atoms with E-state index in [0.29, 0.717) is 34.4 Å². The second kappa shape index (κ2) is 13.3. The van der Waals surface area contributed by atoms with Crippen LogP contribution in [0.5, 0.6) is 17.2 Å². The standard InChI is InChI=1S/C27H23N5O4.C5H10O/c1-17-25(27(34)32(31(17)2)18-7-5-4-6-8-18)26(33)30-24-12-10-20(16-29-24)36-23-13-14-28-22-11-9-19(35-3)15-21(22)23;1-4-5(2)6-3/h4-16H,1-3H3,(H,29,30,33);4H,1-3H3/b;5-4+. The lowest BCUT2D eigenvalue weighted by Gasteiger charge is -2.10. The van der Waals surface area contributed by atoms with E-state index in [-0.39, 0.29) is 5.56 Å². The third kappa shape index (κ3) is 6.49. The molecule has 2 aromatic carbocycles. The molecule has 0 fully saturated rings. The second-order valence-corrected chi connectivity index (χ2v) is 9.17. The average molecular weight is 568 g/mol. The number of carbonyl (C=O) groups excluding carboxylic acids is 1. The molecule has 0 saturated heterocycles. The zero-order chi connectivity index (χ0) is 30.2. The molecule has 0 atom stereocenters. The van der Waals surface area contributed by atoms with Crippen LogP contribution in [-0.2, 0) is 11.8 Å². The molecule has 0 aliphatic carbocycles. The Kier molecular flexibility index (Phi) is 9.39. The Hall–Kier alpha value is -5.38. The molecule has 0 spiro atoms. The topological polar surface area (TPSA) is 110 Å². The lowest BCUT2D eigenvalue weighted by atomic mass is 10.2. The molecule has 216 valence electrons. The van der Waals surface area contributed by atoms with Crippen molar-refractivity contribution in [3.63, 3.8) is 0 Å². The van der Waals surface area contributed by atoms with Crippen molar-refractivity contribution in [2.24, 2.45) is 7.05 Å². The van der Waals surface area contributed by atoms with Crippen molar-refractivity contribution in [3.8, 4) is 22.9 Å². The van der Waals surface area contributed by atoms with Crippen molar-refractivity contribution in [2.45, 2.75) is 20.8 Å². The average Bonchev–Trinajstić information content (AvgIpc) is 3.25. The Labute approximate surface area is 243 Å². The molecule has 10 nitrogen and oxygen atoms in total. The highest BCUT2D eigenvalue weighted by atomic mass is 16.5. The highest BCUT2D eigenvalue weighted by Crippen LogP contribution is 2.31. The quantitative estimate of drug-likeness (QED) is 0.239. The Bertz CT molecular complexity index is 1770. The summed E-state index contributed by atoms with van der Waals surface area (Å²) in [6, 6.07) is 19.8. The van der Waals surface area contributed by atoms with Gasteiger partial charge in [0, 0.05) is 18.6 Å². The van der Waals surface area contributed by atoms with E-state index in [1.165, 1.54) is 10.9 Å². The van der Waals surface area contributed by atoms with E-state index in [4.69, 9.17) is 14.2 Å². The van der Waals surface area contributed by atoms with Crippen LogP contribution in [0, 0.1) is 6.92 Å². The number of hydrogen-bond acceptors (Lipinski definition) is 7. The molecule has 0 aliphatic rings. The summed E-state index contributed by atoms with van der Waals surface area (Å²) in [4.78, 5) is 34.7. The van der Waals surface area contributed by atoms with Gasteiger partial charge in [-0.1, -0.05) is 24.3 Å². The highest BCUT2D eigenvalue weighted by molar-refractivity contribution is 6.04. The summed E-state index contributed by atoms with van der Waals surface area (Å²) in [5.74, 6) is 2.50. The molecule has 1 amide bonds. The maximum Gasteiger partial charge on any atom is 0.284 e. The zero-order valence-electron chi connectivity index (χ0n) is 24.4. The Morgan fingerprint density at radius 1 is 0.976 bits per heavy atom. The predicted molar refractivity (Wildman–Crippen MR) is 163 cm³/mol. The minimum absolute atomic E-state index is 0.0562. The van der Waals surface area contributed by atoms with Gasteiger partial charge in [0.05, 0.1) is 43.1 Å². The Morgan fingerprint density at radius 3 is 2.33 bits per heavy atom. The normalized spacial score (nSPS) is 11.0. The van der Waals surface area contributed by atoms with E-state index in [1.54, 1.807) is 57.3 Å². The van der Waals surface area contributed by atoms with E-state index in [1.807, 2.05) is 68.5 Å². The number of hydrogen-bond donors (Lipinski definition) is 1. The Balaban J connectivity index is 0.000000612. The maximum atomic E-state index is 13.1. The first kappa shape index (κ1) is 29.6. The molecular formula is C32H33N5O5. The number of pyridine rings is 2. The van der Waals surface area contributed by atoms with E-state index >= 15 is 0 Å². The lowest BCUT2D eigenvalue weighted by Crippen LogP contribution is -2.25. The van der Waals surface area contributed by atoms with Crippen LogP contribution >= 0.6 is 0 Å². The molecule has 3 aromatic heterocycles. The fourth-order valence-corrected chi connectivity index (χ4v) is 4.08. The van der Waals surface area contributed by atoms with Crippen LogP contribution in [0.25, 0.3) is 16.6 Å². The number of ether oxygens (including phenoxy) is 3. The number of anilines is 1. The van der Waals surface area contributed by atoms with Gasteiger partial charge < -0.3 is 19.5 Å². The van der Waals surface area contributed by atoms with Gasteiger partial charge in [0.15, 0.2) is 0 Å². The Morgan fingerprint density at radius 2 is 1.71 bits per heavy atom. The third-order valence-corrected chi connectivity index (χ3v) is 6.62. The summed E-state index contributed by atoms with van der Waals surface area (Å²) >= 11 is 0. The molecule has 0 radical (unpaired) electrons. The van der Waals surface area contributed by atoms with E-state index in [2.05, 4.69) is 15.3 Å². The molecular weight excluding hydrogens is 534 g/mol. The summed E-state index contributed by atoms with van der Waals surface area (Å²) in [5.41, 5.74) is 1.64. The van der Waals surface area contributed by atoms with Gasteiger partial charge in [-0.15, -0.1) is 0 Å². The first-order chi connectivity index (χ1) is 20.3. The number of nitrogens with zero attached hydrogens (tertiary/aromatic N) is 4. The van der Waals surface area contributed by atoms with Crippen molar-refractivity contribution >= 4 is 22.6 Å². The summed E-state index contributed by atoms with van der Waals surface area (Å²) in [7, 11) is 5.00. The lowest BCUT2D eigenvalue weighted by molar-refractivity contribution is 0.102. The second-order valence-electron chi connectivity index (χ2n) is 9.17. The van der Waals surface area contributed by atoms with Gasteiger partial charge in [-0.3, -0.25) is 19.3 Å². The number of para-hydroxylation sites is 1. The molecule has 5 rings (SSSR count). The predicted octanol–water partition coefficient (Wildman–Crippen LogP) is 6.04. The molecule has 10 heteroatoms. The number of amides is 1. The molecule has 5 aromatic rings. The van der Waals surface area contributed by atoms with Gasteiger partial charge in [0.25, 0.3) is 11.5 Å². The number of benzene rings is 2. The van der Waals surface area contributed by atoms with Gasteiger partial charge >= 0.3 is 0 Å². The number of allylic oxidation sites excluding steroid dienone is 2. The zero-order valence-corrected chi connectivity index (χ0v) is 24.4. The summed E-state index contributed by atoms with van der Waals surface area (Å²) in [6.45, 7) is 5.59. The minimum Gasteiger partial charge on any atom is -0.502 e. The van der Waals surface area contributed by atoms with Crippen LogP contribution in [0.2, 0.25) is 0 Å². The SMILES string of the molecule is C/C=C(\C)OC.COc1ccc2nccc(Oc3ccc(NC(=O)c4c(C)n(C)n(-c5ccccc5)c4=O)nc3)c2c1. The first-order valence-electron chi connectivity index (χ1n) is 13.2. The van der Waals surface area contributed by atoms with Crippen LogP contribution in [-0.4, -0.2) is 39.5 Å². The number of fused-ring (bicyclic) bond motifs is 1. The van der Waals surface area contributed by atoms with Gasteiger partial charge in [-0.2, -0.15) is 0 Å². The molecule has 3 heterocycles. The van der Waals surface area contributed by atoms with Crippen LogP contribution in [0.15, 0.2) is 95.8 Å². The smallest absolute Gasteiger partial charge is 0.284 e. The van der Waals surface area contributed by atoms with Crippen molar-refractivity contribution in [1.82, 2.24) is 19.3 Å². The highest BCUT2D eigenvalue weighted by Gasteiger charge is 2.22. The van der Waals surface area contributed by atoms with Gasteiger partial charge in [0.2, 0.25) is 0 Å². The summed E-state index contributed by atoms with van der Waals surface area (Å²) in [6.07, 6.45) is 5.08. The first-order valence-corrected chi connectivity index (χ1v) is 13.2. The van der Waals surface area contributed by atoms with Crippen molar-refractivity contribution in [2.75, 3.05) is 19.5 Å². The molecule has 1 N–H and O–H groups in total. The molecule has 42 heavy (non-hydrogen) atoms.